The Labute approximate surface area is 89.9 Å². The van der Waals surface area contributed by atoms with Gasteiger partial charge in [0.25, 0.3) is 0 Å². The van der Waals surface area contributed by atoms with Gasteiger partial charge in [-0.2, -0.15) is 0 Å². The van der Waals surface area contributed by atoms with Gasteiger partial charge in [-0.05, 0) is 31.1 Å². The van der Waals surface area contributed by atoms with Crippen LogP contribution < -0.4 is 0 Å². The largest absolute Gasteiger partial charge is 0.480 e. The van der Waals surface area contributed by atoms with E-state index in [4.69, 9.17) is 0 Å². The van der Waals surface area contributed by atoms with E-state index in [9.17, 15) is 15.0 Å². The molecule has 3 atom stereocenters. The maximum absolute atomic E-state index is 11.2. The molecule has 1 unspecified atom stereocenters. The molecule has 1 saturated carbocycles. The third-order valence-electron chi connectivity index (χ3n) is 3.38. The molecule has 0 spiro atoms. The van der Waals surface area contributed by atoms with Crippen LogP contribution in [0, 0.1) is 11.8 Å². The van der Waals surface area contributed by atoms with Crippen LogP contribution in [0.25, 0.3) is 0 Å². The molecular weight excluding hydrogens is 194 g/mol. The van der Waals surface area contributed by atoms with Gasteiger partial charge in [-0.15, -0.1) is 0 Å². The lowest BCUT2D eigenvalue weighted by Crippen LogP contribution is -2.51. The first-order chi connectivity index (χ1) is 7.08. The summed E-state index contributed by atoms with van der Waals surface area (Å²) in [6.07, 6.45) is 2.50. The molecule has 2 aliphatic rings. The Bertz CT molecular complexity index is 242. The molecule has 86 valence electrons. The van der Waals surface area contributed by atoms with E-state index in [0.29, 0.717) is 18.4 Å². The van der Waals surface area contributed by atoms with Crippen LogP contribution in [0.3, 0.4) is 0 Å². The first kappa shape index (κ1) is 10.9. The molecule has 15 heavy (non-hydrogen) atoms. The molecule has 0 aromatic carbocycles. The highest BCUT2D eigenvalue weighted by molar-refractivity contribution is 5.74. The molecule has 2 N–H and O–H groups in total. The van der Waals surface area contributed by atoms with E-state index in [0.717, 1.165) is 25.8 Å². The highest BCUT2D eigenvalue weighted by atomic mass is 16.4. The predicted octanol–water partition coefficient (Wildman–Crippen LogP) is 0.552. The third kappa shape index (κ3) is 2.49. The number of nitrogens with zero attached hydrogens (tertiary/aromatic N) is 1. The number of aliphatic hydroxyl groups is 1. The smallest absolute Gasteiger partial charge is 0.321 e. The third-order valence-corrected chi connectivity index (χ3v) is 3.38. The zero-order chi connectivity index (χ0) is 11.0. The van der Waals surface area contributed by atoms with Crippen LogP contribution in [-0.2, 0) is 4.79 Å². The number of carboxylic acid groups (broad SMARTS) is 1. The van der Waals surface area contributed by atoms with Gasteiger partial charge in [-0.25, -0.2) is 0 Å². The van der Waals surface area contributed by atoms with Crippen LogP contribution in [0.5, 0.6) is 0 Å². The molecule has 1 saturated heterocycles. The van der Waals surface area contributed by atoms with Gasteiger partial charge in [0.15, 0.2) is 0 Å². The van der Waals surface area contributed by atoms with E-state index in [-0.39, 0.29) is 12.1 Å². The van der Waals surface area contributed by atoms with Gasteiger partial charge in [0.2, 0.25) is 0 Å². The van der Waals surface area contributed by atoms with E-state index in [2.05, 4.69) is 6.92 Å². The summed E-state index contributed by atoms with van der Waals surface area (Å²) in [4.78, 5) is 13.1. The van der Waals surface area contributed by atoms with Crippen molar-refractivity contribution in [2.75, 3.05) is 13.1 Å². The Morgan fingerprint density at radius 2 is 2.07 bits per heavy atom. The number of carboxylic acids is 1. The summed E-state index contributed by atoms with van der Waals surface area (Å²) in [5, 5.41) is 18.8. The fraction of sp³-hybridized carbons (Fsp3) is 0.909. The summed E-state index contributed by atoms with van der Waals surface area (Å²) in [6.45, 7) is 3.41. The van der Waals surface area contributed by atoms with Crippen molar-refractivity contribution in [1.82, 2.24) is 4.90 Å². The highest BCUT2D eigenvalue weighted by Crippen LogP contribution is 2.37. The summed E-state index contributed by atoms with van der Waals surface area (Å²) in [5.41, 5.74) is 0. The fourth-order valence-electron chi connectivity index (χ4n) is 2.65. The molecule has 0 amide bonds. The lowest BCUT2D eigenvalue weighted by atomic mass is 9.95. The van der Waals surface area contributed by atoms with Gasteiger partial charge in [-0.3, -0.25) is 9.69 Å². The van der Waals surface area contributed by atoms with Crippen LogP contribution in [0.2, 0.25) is 0 Å². The first-order valence-electron chi connectivity index (χ1n) is 5.73. The molecule has 1 aliphatic heterocycles. The average molecular weight is 213 g/mol. The summed E-state index contributed by atoms with van der Waals surface area (Å²) in [6, 6.07) is -0.359. The average Bonchev–Trinajstić information content (AvgIpc) is 2.85. The van der Waals surface area contributed by atoms with Crippen molar-refractivity contribution in [1.29, 1.82) is 0 Å². The summed E-state index contributed by atoms with van der Waals surface area (Å²) in [7, 11) is 0. The fourth-order valence-corrected chi connectivity index (χ4v) is 2.65. The van der Waals surface area contributed by atoms with Crippen LogP contribution in [0.15, 0.2) is 0 Å². The van der Waals surface area contributed by atoms with Crippen molar-refractivity contribution < 1.29 is 15.0 Å². The van der Waals surface area contributed by atoms with Crippen LogP contribution in [-0.4, -0.2) is 46.3 Å². The van der Waals surface area contributed by atoms with Crippen LogP contribution in [0.1, 0.15) is 26.2 Å². The van der Waals surface area contributed by atoms with E-state index in [1.165, 1.54) is 0 Å². The Kier molecular flexibility index (Phi) is 2.98. The number of rotatable bonds is 3. The number of hydrogen-bond acceptors (Lipinski definition) is 3. The molecule has 4 nitrogen and oxygen atoms in total. The molecule has 1 heterocycles. The molecule has 0 radical (unpaired) electrons. The molecule has 4 heteroatoms. The highest BCUT2D eigenvalue weighted by Gasteiger charge is 2.42. The Morgan fingerprint density at radius 1 is 1.40 bits per heavy atom. The van der Waals surface area contributed by atoms with Crippen LogP contribution in [0.4, 0.5) is 0 Å². The molecule has 0 bridgehead atoms. The minimum atomic E-state index is -0.723. The van der Waals surface area contributed by atoms with Gasteiger partial charge < -0.3 is 10.2 Å². The quantitative estimate of drug-likeness (QED) is 0.719. The summed E-state index contributed by atoms with van der Waals surface area (Å²) in [5.74, 6) is -0.00634. The Balaban J connectivity index is 2.02. The van der Waals surface area contributed by atoms with Crippen molar-refractivity contribution in [3.05, 3.63) is 0 Å². The number of likely N-dealkylation sites (tertiary alicyclic amines) is 1. The Morgan fingerprint density at radius 3 is 2.53 bits per heavy atom. The molecule has 2 rings (SSSR count). The van der Waals surface area contributed by atoms with E-state index >= 15 is 0 Å². The van der Waals surface area contributed by atoms with Crippen molar-refractivity contribution in [2.24, 2.45) is 11.8 Å². The Hall–Kier alpha value is -0.610. The number of aliphatic hydroxyl groups excluding tert-OH is 1. The number of hydrogen-bond donors (Lipinski definition) is 2. The number of β-amino-alcohol motifs (C(OH)–C–C–N with tert-alkyl or cyclic N) is 1. The second kappa shape index (κ2) is 4.10. The van der Waals surface area contributed by atoms with Crippen molar-refractivity contribution in [3.63, 3.8) is 0 Å². The van der Waals surface area contributed by atoms with Gasteiger partial charge in [0.05, 0.1) is 6.10 Å². The van der Waals surface area contributed by atoms with Crippen molar-refractivity contribution in [3.8, 4) is 0 Å². The van der Waals surface area contributed by atoms with Gasteiger partial charge in [0, 0.05) is 13.1 Å². The normalized spacial score (nSPS) is 35.1. The minimum Gasteiger partial charge on any atom is -0.480 e. The number of carbonyl (C=O) groups is 1. The van der Waals surface area contributed by atoms with E-state index in [1.807, 2.05) is 4.90 Å². The van der Waals surface area contributed by atoms with Gasteiger partial charge >= 0.3 is 5.97 Å². The standard InChI is InChI=1S/C11H19NO3/c1-7-4-9(13)6-12(5-7)10(11(14)15)8-2-3-8/h7-10,13H,2-6H2,1H3,(H,14,15)/t7-,9+,10?/m1/s1. The second-order valence-corrected chi connectivity index (χ2v) is 5.07. The number of piperidine rings is 1. The van der Waals surface area contributed by atoms with Gasteiger partial charge in [0.1, 0.15) is 6.04 Å². The van der Waals surface area contributed by atoms with Crippen LogP contribution >= 0.6 is 0 Å². The summed E-state index contributed by atoms with van der Waals surface area (Å²) >= 11 is 0. The van der Waals surface area contributed by atoms with Crippen molar-refractivity contribution in [2.45, 2.75) is 38.3 Å². The molecular formula is C11H19NO3. The topological polar surface area (TPSA) is 60.8 Å². The first-order valence-corrected chi connectivity index (χ1v) is 5.73. The maximum atomic E-state index is 11.2. The zero-order valence-electron chi connectivity index (χ0n) is 9.09. The zero-order valence-corrected chi connectivity index (χ0v) is 9.09. The minimum absolute atomic E-state index is 0.319. The summed E-state index contributed by atoms with van der Waals surface area (Å²) < 4.78 is 0. The van der Waals surface area contributed by atoms with E-state index < -0.39 is 5.97 Å². The molecule has 1 aliphatic carbocycles. The SMILES string of the molecule is C[C@@H]1C[C@H](O)CN(C(C(=O)O)C2CC2)C1. The molecule has 2 fully saturated rings. The number of aliphatic carboxylic acids is 1. The van der Waals surface area contributed by atoms with Crippen molar-refractivity contribution >= 4 is 5.97 Å². The molecule has 0 aromatic rings. The molecule has 0 aromatic heterocycles. The maximum Gasteiger partial charge on any atom is 0.321 e. The predicted molar refractivity (Wildman–Crippen MR) is 55.5 cm³/mol. The lowest BCUT2D eigenvalue weighted by Gasteiger charge is -2.37. The lowest BCUT2D eigenvalue weighted by molar-refractivity contribution is -0.146. The van der Waals surface area contributed by atoms with Gasteiger partial charge in [-0.1, -0.05) is 6.92 Å². The monoisotopic (exact) mass is 213 g/mol. The second-order valence-electron chi connectivity index (χ2n) is 5.07. The van der Waals surface area contributed by atoms with E-state index in [1.54, 1.807) is 0 Å².